The molecule has 0 saturated heterocycles. The largest absolute Gasteiger partial charge is 0.359 e. The topological polar surface area (TPSA) is 54.4 Å². The molecule has 5 heteroatoms. The first-order valence-corrected chi connectivity index (χ1v) is 11.8. The monoisotopic (exact) mass is 473 g/mol. The van der Waals surface area contributed by atoms with E-state index in [4.69, 9.17) is 0 Å². The lowest BCUT2D eigenvalue weighted by atomic mass is 9.87. The van der Waals surface area contributed by atoms with Crippen molar-refractivity contribution in [3.05, 3.63) is 60.7 Å². The van der Waals surface area contributed by atoms with Crippen molar-refractivity contribution in [2.45, 2.75) is 57.3 Å². The predicted molar refractivity (Wildman–Crippen MR) is 97.5 cm³/mol. The molecule has 0 heterocycles. The summed E-state index contributed by atoms with van der Waals surface area (Å²) in [4.78, 5) is 0.0487. The molecule has 3 nitrogen and oxygen atoms in total. The molecule has 0 aliphatic heterocycles. The maximum absolute atomic E-state index is 11.9. The number of hydrogen-bond donors (Lipinski definition) is 1. The van der Waals surface area contributed by atoms with Crippen LogP contribution in [0.4, 0.5) is 0 Å². The quantitative estimate of drug-likeness (QED) is 0.545. The third-order valence-corrected chi connectivity index (χ3v) is 8.12. The van der Waals surface area contributed by atoms with Crippen LogP contribution in [0.1, 0.15) is 52.7 Å². The molecule has 0 aliphatic carbocycles. The molecule has 0 fully saturated rings. The first-order valence-electron chi connectivity index (χ1n) is 8.16. The van der Waals surface area contributed by atoms with Gasteiger partial charge in [-0.15, -0.1) is 0 Å². The van der Waals surface area contributed by atoms with Crippen LogP contribution in [0, 0.1) is 7.14 Å². The maximum atomic E-state index is 11.9. The zero-order valence-electron chi connectivity index (χ0n) is 15.6. The summed E-state index contributed by atoms with van der Waals surface area (Å²) in [5.74, 6) is 0. The lowest BCUT2D eigenvalue weighted by Gasteiger charge is -2.19. The van der Waals surface area contributed by atoms with Crippen LogP contribution in [0.2, 0.25) is 0 Å². The van der Waals surface area contributed by atoms with Gasteiger partial charge in [0.05, 0.1) is 0 Å². The van der Waals surface area contributed by atoms with Crippen LogP contribution in [0.25, 0.3) is 0 Å². The first-order chi connectivity index (χ1) is 11.3. The summed E-state index contributed by atoms with van der Waals surface area (Å²) < 4.78 is 35.3. The Morgan fingerprint density at radius 1 is 0.800 bits per heavy atom. The van der Waals surface area contributed by atoms with Gasteiger partial charge in [-0.2, -0.15) is 8.42 Å². The summed E-state index contributed by atoms with van der Waals surface area (Å²) in [5, 5.41) is 0. The molecule has 136 valence electrons. The zero-order valence-corrected chi connectivity index (χ0v) is 18.6. The number of hydrogen-bond acceptors (Lipinski definition) is 2. The van der Waals surface area contributed by atoms with Gasteiger partial charge in [0.2, 0.25) is 3.57 Å². The van der Waals surface area contributed by atoms with E-state index in [2.05, 4.69) is 45.0 Å². The highest BCUT2D eigenvalue weighted by atomic mass is 127. The minimum Gasteiger partial charge on any atom is -0.282 e. The Balaban J connectivity index is 2.43. The molecule has 1 N–H and O–H groups in total. The van der Waals surface area contributed by atoms with Crippen LogP contribution in [0.15, 0.2) is 47.4 Å². The molecule has 2 aromatic carbocycles. The Morgan fingerprint density at radius 2 is 1.28 bits per heavy atom. The summed E-state index contributed by atoms with van der Waals surface area (Å²) in [6.07, 6.45) is 0. The third-order valence-electron chi connectivity index (χ3n) is 4.00. The summed E-state index contributed by atoms with van der Waals surface area (Å²) >= 11 is -0.697. The standard InChI is InChI=1S/C20H25IO3S/c1-19(2,3)14-7-10-16(11-8-14)21-17-12-9-15(20(4,5)6)13-18(17)25(22,23)24/h7-13H,1-6H3/p+1. The smallest absolute Gasteiger partial charge is 0.282 e. The molecule has 0 unspecified atom stereocenters. The Kier molecular flexibility index (Phi) is 5.71. The van der Waals surface area contributed by atoms with Gasteiger partial charge in [-0.3, -0.25) is 4.55 Å². The normalized spacial score (nSPS) is 13.1. The van der Waals surface area contributed by atoms with Gasteiger partial charge >= 0.3 is 21.2 Å². The number of halogens is 1. The molecule has 0 radical (unpaired) electrons. The van der Waals surface area contributed by atoms with Crippen LogP contribution in [0.3, 0.4) is 0 Å². The van der Waals surface area contributed by atoms with E-state index >= 15 is 0 Å². The van der Waals surface area contributed by atoms with E-state index in [1.54, 1.807) is 6.07 Å². The zero-order chi connectivity index (χ0) is 19.0. The molecule has 2 rings (SSSR count). The van der Waals surface area contributed by atoms with Gasteiger partial charge < -0.3 is 0 Å². The van der Waals surface area contributed by atoms with Crippen molar-refractivity contribution in [1.82, 2.24) is 0 Å². The second-order valence-electron chi connectivity index (χ2n) is 8.22. The van der Waals surface area contributed by atoms with E-state index in [-0.39, 0.29) is 15.7 Å². The van der Waals surface area contributed by atoms with Crippen molar-refractivity contribution in [2.75, 3.05) is 0 Å². The Labute approximate surface area is 161 Å². The second-order valence-corrected chi connectivity index (χ2v) is 12.6. The third kappa shape index (κ3) is 5.28. The van der Waals surface area contributed by atoms with E-state index in [0.29, 0.717) is 0 Å². The lowest BCUT2D eigenvalue weighted by Crippen LogP contribution is -3.61. The highest BCUT2D eigenvalue weighted by molar-refractivity contribution is 7.85. The van der Waals surface area contributed by atoms with Gasteiger partial charge in [0, 0.05) is 0 Å². The van der Waals surface area contributed by atoms with Crippen molar-refractivity contribution in [3.63, 3.8) is 0 Å². The van der Waals surface area contributed by atoms with E-state index in [1.165, 1.54) is 5.56 Å². The second kappa shape index (κ2) is 7.00. The molecular formula is C20H26IO3S+. The van der Waals surface area contributed by atoms with Gasteiger partial charge in [-0.05, 0) is 46.2 Å². The van der Waals surface area contributed by atoms with Gasteiger partial charge in [0.1, 0.15) is 4.90 Å². The van der Waals surface area contributed by atoms with Crippen LogP contribution in [0.5, 0.6) is 0 Å². The number of benzene rings is 2. The average molecular weight is 473 g/mol. The molecular weight excluding hydrogens is 447 g/mol. The Bertz CT molecular complexity index is 855. The lowest BCUT2D eigenvalue weighted by molar-refractivity contribution is -0.601. The van der Waals surface area contributed by atoms with Gasteiger partial charge in [-0.25, -0.2) is 0 Å². The van der Waals surface area contributed by atoms with E-state index in [0.717, 1.165) is 12.7 Å². The molecule has 2 aromatic rings. The molecule has 0 saturated carbocycles. The fourth-order valence-corrected chi connectivity index (χ4v) is 6.23. The van der Waals surface area contributed by atoms with E-state index in [9.17, 15) is 13.0 Å². The number of rotatable bonds is 3. The van der Waals surface area contributed by atoms with E-state index in [1.807, 2.05) is 32.9 Å². The van der Waals surface area contributed by atoms with Crippen molar-refractivity contribution < 1.29 is 34.2 Å². The summed E-state index contributed by atoms with van der Waals surface area (Å²) in [6, 6.07) is 13.8. The predicted octanol–water partition coefficient (Wildman–Crippen LogP) is 1.66. The summed E-state index contributed by atoms with van der Waals surface area (Å²) in [5.41, 5.74) is 2.06. The molecule has 0 atom stereocenters. The minimum absolute atomic E-state index is 0.0487. The molecule has 0 aromatic heterocycles. The average Bonchev–Trinajstić information content (AvgIpc) is 2.45. The summed E-state index contributed by atoms with van der Waals surface area (Å²) in [6.45, 7) is 12.6. The Hall–Kier alpha value is -0.920. The van der Waals surface area contributed by atoms with Crippen molar-refractivity contribution in [1.29, 1.82) is 0 Å². The first kappa shape index (κ1) is 20.4. The van der Waals surface area contributed by atoms with Gasteiger partial charge in [0.25, 0.3) is 10.1 Å². The fraction of sp³-hybridized carbons (Fsp3) is 0.400. The highest BCUT2D eigenvalue weighted by Crippen LogP contribution is 2.24. The molecule has 25 heavy (non-hydrogen) atoms. The summed E-state index contributed by atoms with van der Waals surface area (Å²) in [7, 11) is -4.24. The minimum atomic E-state index is -4.24. The highest BCUT2D eigenvalue weighted by Gasteiger charge is 2.29. The SMILES string of the molecule is CC(C)(C)c1ccc([I+]c2ccc(C(C)(C)C)cc2S(=O)(=O)O)cc1. The fourth-order valence-electron chi connectivity index (χ4n) is 2.38. The van der Waals surface area contributed by atoms with Crippen LogP contribution < -0.4 is 21.2 Å². The van der Waals surface area contributed by atoms with Gasteiger partial charge in [-0.1, -0.05) is 59.7 Å². The van der Waals surface area contributed by atoms with Crippen LogP contribution >= 0.6 is 0 Å². The molecule has 0 spiro atoms. The van der Waals surface area contributed by atoms with Crippen molar-refractivity contribution in [3.8, 4) is 0 Å². The van der Waals surface area contributed by atoms with E-state index < -0.39 is 31.3 Å². The maximum Gasteiger partial charge on any atom is 0.359 e. The molecule has 0 amide bonds. The van der Waals surface area contributed by atoms with Crippen LogP contribution in [-0.4, -0.2) is 13.0 Å². The van der Waals surface area contributed by atoms with Crippen molar-refractivity contribution >= 4 is 10.1 Å². The van der Waals surface area contributed by atoms with Gasteiger partial charge in [0.15, 0.2) is 3.57 Å². The van der Waals surface area contributed by atoms with Crippen molar-refractivity contribution in [2.24, 2.45) is 0 Å². The van der Waals surface area contributed by atoms with Crippen LogP contribution in [-0.2, 0) is 20.9 Å². The molecule has 0 aliphatic rings. The Morgan fingerprint density at radius 3 is 1.72 bits per heavy atom. The molecule has 0 bridgehead atoms.